The van der Waals surface area contributed by atoms with E-state index in [1.54, 1.807) is 6.92 Å². The van der Waals surface area contributed by atoms with Gasteiger partial charge in [0.15, 0.2) is 0 Å². The van der Waals surface area contributed by atoms with E-state index in [4.69, 9.17) is 5.11 Å². The summed E-state index contributed by atoms with van der Waals surface area (Å²) in [5.74, 6) is 0.531. The summed E-state index contributed by atoms with van der Waals surface area (Å²) in [4.78, 5) is 19.8. The van der Waals surface area contributed by atoms with Crippen molar-refractivity contribution in [3.05, 3.63) is 28.3 Å². The highest BCUT2D eigenvalue weighted by Gasteiger charge is 1.92. The van der Waals surface area contributed by atoms with E-state index in [1.807, 2.05) is 0 Å². The summed E-state index contributed by atoms with van der Waals surface area (Å²) in [5.41, 5.74) is -0.521. The molecule has 0 radical (unpaired) electrons. The van der Waals surface area contributed by atoms with Gasteiger partial charge in [-0.05, 0) is 20.8 Å². The first-order valence-corrected chi connectivity index (χ1v) is 3.69. The van der Waals surface area contributed by atoms with Crippen LogP contribution in [0.25, 0.3) is 0 Å². The molecule has 0 amide bonds. The Morgan fingerprint density at radius 2 is 1.85 bits per heavy atom. The predicted octanol–water partition coefficient (Wildman–Crippen LogP) is 1.25. The molecule has 0 saturated carbocycles. The lowest BCUT2D eigenvalue weighted by Crippen LogP contribution is -1.95. The van der Waals surface area contributed by atoms with Crippen molar-refractivity contribution in [1.29, 1.82) is 0 Å². The molecule has 0 unspecified atom stereocenters. The molecule has 1 heterocycles. The second kappa shape index (κ2) is 5.13. The Bertz CT molecular complexity index is 310. The van der Waals surface area contributed by atoms with E-state index in [0.29, 0.717) is 5.76 Å². The van der Waals surface area contributed by atoms with Crippen LogP contribution in [0.4, 0.5) is 0 Å². The molecule has 0 aliphatic rings. The molecule has 0 aliphatic carbocycles. The lowest BCUT2D eigenvalue weighted by Gasteiger charge is -1.89. The van der Waals surface area contributed by atoms with Crippen molar-refractivity contribution >= 4 is 5.78 Å². The van der Waals surface area contributed by atoms with E-state index in [2.05, 4.69) is 4.42 Å². The normalized spacial score (nSPS) is 8.54. The van der Waals surface area contributed by atoms with Crippen LogP contribution in [0.15, 0.2) is 21.3 Å². The first-order valence-electron chi connectivity index (χ1n) is 3.69. The Labute approximate surface area is 75.8 Å². The van der Waals surface area contributed by atoms with Gasteiger partial charge < -0.3 is 14.3 Å². The minimum atomic E-state index is -0.521. The summed E-state index contributed by atoms with van der Waals surface area (Å²) in [6, 6.07) is 2.40. The predicted molar refractivity (Wildman–Crippen MR) is 47.7 cm³/mol. The minimum Gasteiger partial charge on any atom is -0.508 e. The third-order valence-electron chi connectivity index (χ3n) is 0.878. The second-order valence-corrected chi connectivity index (χ2v) is 2.65. The van der Waals surface area contributed by atoms with Crippen molar-refractivity contribution in [2.45, 2.75) is 20.8 Å². The van der Waals surface area contributed by atoms with Crippen LogP contribution in [0.2, 0.25) is 0 Å². The van der Waals surface area contributed by atoms with Crippen molar-refractivity contribution in [1.82, 2.24) is 0 Å². The van der Waals surface area contributed by atoms with Crippen molar-refractivity contribution in [3.63, 3.8) is 0 Å². The fraction of sp³-hybridized carbons (Fsp3) is 0.333. The van der Waals surface area contributed by atoms with Gasteiger partial charge in [0.2, 0.25) is 0 Å². The van der Waals surface area contributed by atoms with Gasteiger partial charge in [-0.3, -0.25) is 0 Å². The van der Waals surface area contributed by atoms with Crippen LogP contribution in [0, 0.1) is 6.92 Å². The highest BCUT2D eigenvalue weighted by Crippen LogP contribution is 2.04. The largest absolute Gasteiger partial charge is 0.508 e. The molecule has 4 heteroatoms. The highest BCUT2D eigenvalue weighted by atomic mass is 16.4. The van der Waals surface area contributed by atoms with E-state index >= 15 is 0 Å². The van der Waals surface area contributed by atoms with Crippen LogP contribution >= 0.6 is 0 Å². The molecule has 1 rings (SSSR count). The van der Waals surface area contributed by atoms with Crippen LogP contribution in [-0.4, -0.2) is 10.9 Å². The molecule has 0 aromatic carbocycles. The number of carbonyl (C=O) groups excluding carboxylic acids is 1. The number of hydrogen-bond donors (Lipinski definition) is 1. The summed E-state index contributed by atoms with van der Waals surface area (Å²) in [6.45, 7) is 4.65. The van der Waals surface area contributed by atoms with E-state index in [0.717, 1.165) is 6.07 Å². The molecule has 1 N–H and O–H groups in total. The monoisotopic (exact) mass is 184 g/mol. The maximum Gasteiger partial charge on any atom is 0.339 e. The van der Waals surface area contributed by atoms with Gasteiger partial charge >= 0.3 is 5.63 Å². The van der Waals surface area contributed by atoms with Crippen LogP contribution in [0.3, 0.4) is 0 Å². The van der Waals surface area contributed by atoms with Gasteiger partial charge in [0.05, 0.1) is 6.07 Å². The fourth-order valence-corrected chi connectivity index (χ4v) is 0.588. The number of ketones is 1. The Morgan fingerprint density at radius 3 is 2.15 bits per heavy atom. The maximum atomic E-state index is 10.4. The molecule has 0 spiro atoms. The van der Waals surface area contributed by atoms with Crippen LogP contribution < -0.4 is 5.63 Å². The average Bonchev–Trinajstić information content (AvgIpc) is 1.80. The Balaban J connectivity index is 0.000000310. The SMILES string of the molecule is CC(C)=O.Cc1cc(O)cc(=O)o1. The minimum absolute atomic E-state index is 0.0521. The van der Waals surface area contributed by atoms with Crippen molar-refractivity contribution in [3.8, 4) is 5.75 Å². The number of aromatic hydroxyl groups is 1. The lowest BCUT2D eigenvalue weighted by atomic mass is 10.4. The lowest BCUT2D eigenvalue weighted by molar-refractivity contribution is -0.114. The maximum absolute atomic E-state index is 10.4. The van der Waals surface area contributed by atoms with Crippen molar-refractivity contribution in [2.75, 3.05) is 0 Å². The molecule has 0 bridgehead atoms. The number of hydrogen-bond acceptors (Lipinski definition) is 4. The van der Waals surface area contributed by atoms with E-state index < -0.39 is 5.63 Å². The molecule has 0 saturated heterocycles. The summed E-state index contributed by atoms with van der Waals surface area (Å²) in [5, 5.41) is 8.73. The Morgan fingerprint density at radius 1 is 1.38 bits per heavy atom. The summed E-state index contributed by atoms with van der Waals surface area (Å²) < 4.78 is 4.54. The van der Waals surface area contributed by atoms with Crippen molar-refractivity contribution in [2.24, 2.45) is 0 Å². The second-order valence-electron chi connectivity index (χ2n) is 2.65. The molecule has 1 aromatic rings. The number of carbonyl (C=O) groups is 1. The molecule has 0 fully saturated rings. The summed E-state index contributed by atoms with van der Waals surface area (Å²) >= 11 is 0. The molecular weight excluding hydrogens is 172 g/mol. The third kappa shape index (κ3) is 6.80. The van der Waals surface area contributed by atoms with Gasteiger partial charge in [0.1, 0.15) is 17.3 Å². The standard InChI is InChI=1S/C6H6O3.C3H6O/c1-4-2-5(7)3-6(8)9-4;1-3(2)4/h2-3,7H,1H3;1-2H3. The first-order chi connectivity index (χ1) is 5.91. The van der Waals surface area contributed by atoms with Crippen LogP contribution in [0.5, 0.6) is 5.75 Å². The van der Waals surface area contributed by atoms with Crippen LogP contribution in [0.1, 0.15) is 19.6 Å². The third-order valence-corrected chi connectivity index (χ3v) is 0.878. The van der Waals surface area contributed by atoms with E-state index in [-0.39, 0.29) is 11.5 Å². The molecule has 0 atom stereocenters. The molecule has 4 nitrogen and oxygen atoms in total. The first kappa shape index (κ1) is 11.4. The smallest absolute Gasteiger partial charge is 0.339 e. The molecule has 72 valence electrons. The van der Waals surface area contributed by atoms with Gasteiger partial charge in [0, 0.05) is 6.07 Å². The van der Waals surface area contributed by atoms with Gasteiger partial charge in [-0.1, -0.05) is 0 Å². The zero-order valence-electron chi connectivity index (χ0n) is 7.83. The molecule has 1 aromatic heterocycles. The topological polar surface area (TPSA) is 67.5 Å². The molecule has 13 heavy (non-hydrogen) atoms. The van der Waals surface area contributed by atoms with Gasteiger partial charge in [-0.2, -0.15) is 0 Å². The summed E-state index contributed by atoms with van der Waals surface area (Å²) in [7, 11) is 0. The average molecular weight is 184 g/mol. The van der Waals surface area contributed by atoms with Gasteiger partial charge in [-0.25, -0.2) is 4.79 Å². The quantitative estimate of drug-likeness (QED) is 0.658. The number of aryl methyl sites for hydroxylation is 1. The zero-order chi connectivity index (χ0) is 10.4. The number of rotatable bonds is 0. The van der Waals surface area contributed by atoms with E-state index in [1.165, 1.54) is 19.9 Å². The Hall–Kier alpha value is -1.58. The molecule has 0 aliphatic heterocycles. The zero-order valence-corrected chi connectivity index (χ0v) is 7.83. The number of Topliss-reactive ketones (excluding diaryl/α,β-unsaturated/α-hetero) is 1. The molecular formula is C9H12O4. The highest BCUT2D eigenvalue weighted by molar-refractivity contribution is 5.72. The van der Waals surface area contributed by atoms with Crippen LogP contribution in [-0.2, 0) is 4.79 Å². The fourth-order valence-electron chi connectivity index (χ4n) is 0.588. The van der Waals surface area contributed by atoms with Gasteiger partial charge in [-0.15, -0.1) is 0 Å². The van der Waals surface area contributed by atoms with Gasteiger partial charge in [0.25, 0.3) is 0 Å². The van der Waals surface area contributed by atoms with Crippen molar-refractivity contribution < 1.29 is 14.3 Å². The van der Waals surface area contributed by atoms with E-state index in [9.17, 15) is 9.59 Å². The summed E-state index contributed by atoms with van der Waals surface area (Å²) in [6.07, 6.45) is 0. The Kier molecular flexibility index (Phi) is 4.51.